The number of aliphatic hydroxyl groups is 1. The van der Waals surface area contributed by atoms with E-state index in [1.54, 1.807) is 6.92 Å². The highest BCUT2D eigenvalue weighted by molar-refractivity contribution is 5.55. The number of rotatable bonds is 2. The zero-order valence-corrected chi connectivity index (χ0v) is 12.9. The largest absolute Gasteiger partial charge is 0.389 e. The van der Waals surface area contributed by atoms with Gasteiger partial charge >= 0.3 is 0 Å². The third-order valence-corrected chi connectivity index (χ3v) is 5.52. The van der Waals surface area contributed by atoms with Crippen LogP contribution in [0.15, 0.2) is 18.2 Å². The summed E-state index contributed by atoms with van der Waals surface area (Å²) < 4.78 is 13.4. The first-order valence-corrected chi connectivity index (χ1v) is 8.32. The van der Waals surface area contributed by atoms with E-state index in [2.05, 4.69) is 4.90 Å². The van der Waals surface area contributed by atoms with Gasteiger partial charge < -0.3 is 10.0 Å². The molecule has 1 aromatic carbocycles. The molecule has 1 unspecified atom stereocenters. The molecule has 1 saturated heterocycles. The van der Waals surface area contributed by atoms with Gasteiger partial charge in [-0.2, -0.15) is 0 Å². The maximum absolute atomic E-state index is 13.4. The van der Waals surface area contributed by atoms with Gasteiger partial charge in [-0.1, -0.05) is 19.3 Å². The summed E-state index contributed by atoms with van der Waals surface area (Å²) in [7, 11) is 0. The molecule has 1 aliphatic carbocycles. The highest BCUT2D eigenvalue weighted by atomic mass is 19.1. The van der Waals surface area contributed by atoms with Gasteiger partial charge in [0.1, 0.15) is 5.82 Å². The summed E-state index contributed by atoms with van der Waals surface area (Å²) in [6.07, 6.45) is 8.79. The molecule has 2 nitrogen and oxygen atoms in total. The highest BCUT2D eigenvalue weighted by Crippen LogP contribution is 2.45. The van der Waals surface area contributed by atoms with Crippen LogP contribution < -0.4 is 4.90 Å². The van der Waals surface area contributed by atoms with Crippen molar-refractivity contribution in [3.05, 3.63) is 29.6 Å². The normalized spacial score (nSPS) is 23.3. The average Bonchev–Trinajstić information content (AvgIpc) is 2.49. The van der Waals surface area contributed by atoms with Crippen molar-refractivity contribution in [3.8, 4) is 0 Å². The number of hydrogen-bond donors (Lipinski definition) is 1. The predicted molar refractivity (Wildman–Crippen MR) is 84.0 cm³/mol. The van der Waals surface area contributed by atoms with Crippen molar-refractivity contribution in [2.75, 3.05) is 18.0 Å². The first-order chi connectivity index (χ1) is 10.1. The van der Waals surface area contributed by atoms with Crippen LogP contribution in [0.5, 0.6) is 0 Å². The Morgan fingerprint density at radius 2 is 1.76 bits per heavy atom. The second-order valence-electron chi connectivity index (χ2n) is 6.93. The average molecular weight is 291 g/mol. The van der Waals surface area contributed by atoms with Crippen LogP contribution in [0.3, 0.4) is 0 Å². The van der Waals surface area contributed by atoms with Gasteiger partial charge in [0.2, 0.25) is 0 Å². The zero-order valence-electron chi connectivity index (χ0n) is 12.9. The van der Waals surface area contributed by atoms with E-state index in [0.29, 0.717) is 5.41 Å². The minimum Gasteiger partial charge on any atom is -0.389 e. The summed E-state index contributed by atoms with van der Waals surface area (Å²) in [5.41, 5.74) is 2.30. The molecule has 1 saturated carbocycles. The molecule has 1 N–H and O–H groups in total. The fraction of sp³-hybridized carbons (Fsp3) is 0.667. The quantitative estimate of drug-likeness (QED) is 0.871. The minimum atomic E-state index is -0.624. The molecule has 1 spiro atoms. The lowest BCUT2D eigenvalue weighted by Gasteiger charge is -2.45. The van der Waals surface area contributed by atoms with Crippen LogP contribution in [0, 0.1) is 11.2 Å². The number of nitrogens with zero attached hydrogens (tertiary/aromatic N) is 1. The van der Waals surface area contributed by atoms with E-state index in [-0.39, 0.29) is 5.82 Å². The Morgan fingerprint density at radius 1 is 1.10 bits per heavy atom. The van der Waals surface area contributed by atoms with Crippen molar-refractivity contribution in [1.82, 2.24) is 0 Å². The molecule has 0 bridgehead atoms. The molecule has 1 aromatic rings. The Morgan fingerprint density at radius 3 is 2.38 bits per heavy atom. The van der Waals surface area contributed by atoms with Crippen LogP contribution in [0.25, 0.3) is 0 Å². The molecular weight excluding hydrogens is 265 g/mol. The van der Waals surface area contributed by atoms with E-state index in [4.69, 9.17) is 0 Å². The van der Waals surface area contributed by atoms with Crippen LogP contribution in [0.1, 0.15) is 63.5 Å². The Kier molecular flexibility index (Phi) is 4.21. The van der Waals surface area contributed by atoms with Crippen LogP contribution in [0.4, 0.5) is 10.1 Å². The van der Waals surface area contributed by atoms with E-state index in [0.717, 1.165) is 24.3 Å². The molecule has 0 amide bonds. The smallest absolute Gasteiger partial charge is 0.123 e. The number of benzene rings is 1. The van der Waals surface area contributed by atoms with Crippen LogP contribution in [-0.4, -0.2) is 18.2 Å². The molecule has 1 heterocycles. The molecule has 1 atom stereocenters. The molecule has 2 fully saturated rings. The fourth-order valence-electron chi connectivity index (χ4n) is 4.17. The van der Waals surface area contributed by atoms with E-state index in [1.807, 2.05) is 6.07 Å². The Hall–Kier alpha value is -1.09. The van der Waals surface area contributed by atoms with Crippen molar-refractivity contribution in [3.63, 3.8) is 0 Å². The van der Waals surface area contributed by atoms with Crippen molar-refractivity contribution >= 4 is 5.69 Å². The minimum absolute atomic E-state index is 0.268. The lowest BCUT2D eigenvalue weighted by atomic mass is 9.68. The van der Waals surface area contributed by atoms with Gasteiger partial charge in [-0.15, -0.1) is 0 Å². The lowest BCUT2D eigenvalue weighted by Crippen LogP contribution is -2.41. The second kappa shape index (κ2) is 5.96. The maximum atomic E-state index is 13.4. The van der Waals surface area contributed by atoms with Crippen molar-refractivity contribution in [1.29, 1.82) is 0 Å². The fourth-order valence-corrected chi connectivity index (χ4v) is 4.17. The first-order valence-electron chi connectivity index (χ1n) is 8.32. The standard InChI is InChI=1S/C18H26FNO/c1-14(21)16-13-15(19)5-6-17(16)20-11-9-18(10-12-20)7-3-2-4-8-18/h5-6,13-14,21H,2-4,7-12H2,1H3. The van der Waals surface area contributed by atoms with Gasteiger partial charge in [-0.05, 0) is 56.2 Å². The number of halogens is 1. The van der Waals surface area contributed by atoms with Crippen molar-refractivity contribution in [2.24, 2.45) is 5.41 Å². The predicted octanol–water partition coefficient (Wildman–Crippen LogP) is 4.43. The zero-order chi connectivity index (χ0) is 14.9. The van der Waals surface area contributed by atoms with E-state index in [1.165, 1.54) is 57.1 Å². The summed E-state index contributed by atoms with van der Waals surface area (Å²) in [6, 6.07) is 4.81. The maximum Gasteiger partial charge on any atom is 0.123 e. The molecule has 0 aromatic heterocycles. The van der Waals surface area contributed by atoms with E-state index in [9.17, 15) is 9.50 Å². The Balaban J connectivity index is 1.75. The van der Waals surface area contributed by atoms with Gasteiger partial charge in [0.05, 0.1) is 6.10 Å². The first kappa shape index (κ1) is 14.8. The SMILES string of the molecule is CC(O)c1cc(F)ccc1N1CCC2(CCCCC2)CC1. The van der Waals surface area contributed by atoms with Gasteiger partial charge in [-0.3, -0.25) is 0 Å². The summed E-state index contributed by atoms with van der Waals surface area (Å²) >= 11 is 0. The summed E-state index contributed by atoms with van der Waals surface area (Å²) in [4.78, 5) is 2.33. The molecule has 3 rings (SSSR count). The number of piperidine rings is 1. The van der Waals surface area contributed by atoms with E-state index < -0.39 is 6.10 Å². The van der Waals surface area contributed by atoms with Gasteiger partial charge in [-0.25, -0.2) is 4.39 Å². The van der Waals surface area contributed by atoms with E-state index >= 15 is 0 Å². The van der Waals surface area contributed by atoms with Crippen LogP contribution >= 0.6 is 0 Å². The van der Waals surface area contributed by atoms with Gasteiger partial charge in [0, 0.05) is 24.3 Å². The third-order valence-electron chi connectivity index (χ3n) is 5.52. The third kappa shape index (κ3) is 3.08. The number of anilines is 1. The molecule has 0 radical (unpaired) electrons. The number of hydrogen-bond acceptors (Lipinski definition) is 2. The van der Waals surface area contributed by atoms with Crippen LogP contribution in [0.2, 0.25) is 0 Å². The molecular formula is C18H26FNO. The van der Waals surface area contributed by atoms with Gasteiger partial charge in [0.25, 0.3) is 0 Å². The molecule has 21 heavy (non-hydrogen) atoms. The van der Waals surface area contributed by atoms with Gasteiger partial charge in [0.15, 0.2) is 0 Å². The second-order valence-corrected chi connectivity index (χ2v) is 6.93. The number of aliphatic hydroxyl groups excluding tert-OH is 1. The van der Waals surface area contributed by atoms with Crippen molar-refractivity contribution in [2.45, 2.75) is 58.0 Å². The molecule has 116 valence electrons. The molecule has 3 heteroatoms. The monoisotopic (exact) mass is 291 g/mol. The molecule has 2 aliphatic rings. The summed E-state index contributed by atoms with van der Waals surface area (Å²) in [5, 5.41) is 9.91. The Bertz CT molecular complexity index is 484. The highest BCUT2D eigenvalue weighted by Gasteiger charge is 2.35. The topological polar surface area (TPSA) is 23.5 Å². The summed E-state index contributed by atoms with van der Waals surface area (Å²) in [6.45, 7) is 3.78. The Labute approximate surface area is 127 Å². The summed E-state index contributed by atoms with van der Waals surface area (Å²) in [5.74, 6) is -0.268. The van der Waals surface area contributed by atoms with Crippen molar-refractivity contribution < 1.29 is 9.50 Å². The lowest BCUT2D eigenvalue weighted by molar-refractivity contribution is 0.144. The molecule has 1 aliphatic heterocycles. The van der Waals surface area contributed by atoms with Crippen LogP contribution in [-0.2, 0) is 0 Å².